The lowest BCUT2D eigenvalue weighted by Crippen LogP contribution is -2.21. The number of hydrogen-bond donors (Lipinski definition) is 3. The quantitative estimate of drug-likeness (QED) is 0.668. The largest absolute Gasteiger partial charge is 0.504 e. The fourth-order valence-electron chi connectivity index (χ4n) is 3.27. The van der Waals surface area contributed by atoms with Crippen molar-refractivity contribution in [2.45, 2.75) is 5.92 Å². The topological polar surface area (TPSA) is 104 Å². The number of phenolic OH excluding ortho intramolecular Hbond substituents is 1. The molecule has 0 amide bonds. The van der Waals surface area contributed by atoms with Crippen molar-refractivity contribution in [3.63, 3.8) is 0 Å². The predicted molar refractivity (Wildman–Crippen MR) is 92.3 cm³/mol. The maximum Gasteiger partial charge on any atom is 0.205 e. The van der Waals surface area contributed by atoms with Crippen LogP contribution in [0.15, 0.2) is 54.1 Å². The van der Waals surface area contributed by atoms with Crippen LogP contribution in [0.2, 0.25) is 0 Å². The third-order valence-corrected chi connectivity index (χ3v) is 4.45. The van der Waals surface area contributed by atoms with Gasteiger partial charge in [-0.1, -0.05) is 12.1 Å². The summed E-state index contributed by atoms with van der Waals surface area (Å²) in [6, 6.07) is 12.9. The Labute approximate surface area is 143 Å². The molecular weight excluding hydrogens is 318 g/mol. The molecular formula is C19H15N3O3. The number of nitrogens with zero attached hydrogens (tertiary/aromatic N) is 1. The standard InChI is InChI=1S/C19H15N3O3/c1-24-16-8-10(2-5-15(16)23)17-12-3-4-14-11(6-7-22-14)18(12)25-19(21)13(17)9-20/h2-8,17,22-23H,21H2,1H3/t17-/m1/s1. The summed E-state index contributed by atoms with van der Waals surface area (Å²) in [4.78, 5) is 3.14. The molecule has 1 atom stereocenters. The average molecular weight is 333 g/mol. The molecule has 6 nitrogen and oxygen atoms in total. The molecule has 0 unspecified atom stereocenters. The first kappa shape index (κ1) is 15.0. The Morgan fingerprint density at radius 3 is 2.88 bits per heavy atom. The van der Waals surface area contributed by atoms with Crippen LogP contribution in [0.4, 0.5) is 0 Å². The van der Waals surface area contributed by atoms with Gasteiger partial charge in [0.25, 0.3) is 0 Å². The number of ether oxygens (including phenoxy) is 2. The molecule has 1 aliphatic heterocycles. The van der Waals surface area contributed by atoms with Gasteiger partial charge in [-0.05, 0) is 29.8 Å². The number of hydrogen-bond acceptors (Lipinski definition) is 5. The van der Waals surface area contributed by atoms with E-state index in [0.29, 0.717) is 17.1 Å². The molecule has 0 saturated heterocycles. The number of aromatic nitrogens is 1. The molecule has 4 rings (SSSR count). The normalized spacial score (nSPS) is 16.2. The fourth-order valence-corrected chi connectivity index (χ4v) is 3.27. The number of allylic oxidation sites excluding steroid dienone is 1. The number of methoxy groups -OCH3 is 1. The molecule has 0 radical (unpaired) electrons. The number of rotatable bonds is 2. The first-order valence-corrected chi connectivity index (χ1v) is 7.68. The van der Waals surface area contributed by atoms with Crippen molar-refractivity contribution in [2.24, 2.45) is 5.73 Å². The van der Waals surface area contributed by atoms with Crippen molar-refractivity contribution in [2.75, 3.05) is 7.11 Å². The number of benzene rings is 2. The summed E-state index contributed by atoms with van der Waals surface area (Å²) < 4.78 is 11.0. The lowest BCUT2D eigenvalue weighted by atomic mass is 9.83. The maximum absolute atomic E-state index is 9.86. The summed E-state index contributed by atoms with van der Waals surface area (Å²) in [5, 5.41) is 20.4. The van der Waals surface area contributed by atoms with Gasteiger partial charge in [-0.25, -0.2) is 0 Å². The smallest absolute Gasteiger partial charge is 0.205 e. The highest BCUT2D eigenvalue weighted by Crippen LogP contribution is 2.46. The number of nitriles is 1. The molecule has 25 heavy (non-hydrogen) atoms. The highest BCUT2D eigenvalue weighted by molar-refractivity contribution is 5.88. The second kappa shape index (κ2) is 5.49. The zero-order valence-electron chi connectivity index (χ0n) is 13.4. The third-order valence-electron chi connectivity index (χ3n) is 4.45. The van der Waals surface area contributed by atoms with Crippen LogP contribution < -0.4 is 15.2 Å². The van der Waals surface area contributed by atoms with Gasteiger partial charge in [0.1, 0.15) is 17.4 Å². The summed E-state index contributed by atoms with van der Waals surface area (Å²) in [7, 11) is 1.48. The van der Waals surface area contributed by atoms with Crippen molar-refractivity contribution in [1.29, 1.82) is 5.26 Å². The van der Waals surface area contributed by atoms with E-state index in [1.54, 1.807) is 18.2 Å². The zero-order chi connectivity index (χ0) is 17.6. The van der Waals surface area contributed by atoms with Crippen molar-refractivity contribution in [3.05, 3.63) is 65.2 Å². The van der Waals surface area contributed by atoms with E-state index in [4.69, 9.17) is 15.2 Å². The molecule has 0 bridgehead atoms. The van der Waals surface area contributed by atoms with Crippen LogP contribution in [0.5, 0.6) is 17.2 Å². The van der Waals surface area contributed by atoms with E-state index in [1.807, 2.05) is 24.4 Å². The number of phenols is 1. The lowest BCUT2D eigenvalue weighted by Gasteiger charge is -2.27. The average Bonchev–Trinajstić information content (AvgIpc) is 3.10. The maximum atomic E-state index is 9.86. The number of aromatic hydroxyl groups is 1. The molecule has 0 fully saturated rings. The number of H-pyrrole nitrogens is 1. The highest BCUT2D eigenvalue weighted by atomic mass is 16.5. The zero-order valence-corrected chi connectivity index (χ0v) is 13.4. The minimum absolute atomic E-state index is 0.0371. The van der Waals surface area contributed by atoms with Crippen LogP contribution in [-0.2, 0) is 0 Å². The van der Waals surface area contributed by atoms with Gasteiger partial charge < -0.3 is 25.3 Å². The Morgan fingerprint density at radius 2 is 2.12 bits per heavy atom. The van der Waals surface area contributed by atoms with Gasteiger partial charge in [0.15, 0.2) is 11.5 Å². The molecule has 4 N–H and O–H groups in total. The van der Waals surface area contributed by atoms with Gasteiger partial charge in [-0.2, -0.15) is 5.26 Å². The monoisotopic (exact) mass is 333 g/mol. The Morgan fingerprint density at radius 1 is 1.28 bits per heavy atom. The lowest BCUT2D eigenvalue weighted by molar-refractivity contribution is 0.372. The third kappa shape index (κ3) is 2.17. The minimum atomic E-state index is -0.400. The van der Waals surface area contributed by atoms with Crippen LogP contribution in [0.3, 0.4) is 0 Å². The van der Waals surface area contributed by atoms with Crippen LogP contribution >= 0.6 is 0 Å². The Bertz CT molecular complexity index is 1060. The van der Waals surface area contributed by atoms with Crippen LogP contribution in [-0.4, -0.2) is 17.2 Å². The van der Waals surface area contributed by atoms with Crippen LogP contribution in [0.1, 0.15) is 17.0 Å². The van der Waals surface area contributed by atoms with Gasteiger partial charge in [0.05, 0.1) is 13.0 Å². The summed E-state index contributed by atoms with van der Waals surface area (Å²) >= 11 is 0. The highest BCUT2D eigenvalue weighted by Gasteiger charge is 2.32. The number of aromatic amines is 1. The van der Waals surface area contributed by atoms with E-state index >= 15 is 0 Å². The SMILES string of the molecule is COc1cc([C@H]2C(C#N)=C(N)Oc3c2ccc2[nH]ccc32)ccc1O. The Balaban J connectivity index is 1.99. The van der Waals surface area contributed by atoms with Gasteiger partial charge in [0.2, 0.25) is 5.88 Å². The first-order valence-electron chi connectivity index (χ1n) is 7.68. The van der Waals surface area contributed by atoms with E-state index in [2.05, 4.69) is 11.1 Å². The van der Waals surface area contributed by atoms with Gasteiger partial charge in [-0.3, -0.25) is 0 Å². The van der Waals surface area contributed by atoms with E-state index in [1.165, 1.54) is 7.11 Å². The molecule has 0 saturated carbocycles. The molecule has 1 aliphatic rings. The molecule has 3 aromatic rings. The summed E-state index contributed by atoms with van der Waals surface area (Å²) in [5.74, 6) is 0.690. The Hall–Kier alpha value is -3.59. The summed E-state index contributed by atoms with van der Waals surface area (Å²) in [6.07, 6.45) is 1.83. The molecule has 2 heterocycles. The van der Waals surface area contributed by atoms with Crippen LogP contribution in [0, 0.1) is 11.3 Å². The Kier molecular flexibility index (Phi) is 3.29. The van der Waals surface area contributed by atoms with Crippen molar-refractivity contribution >= 4 is 10.9 Å². The fraction of sp³-hybridized carbons (Fsp3) is 0.105. The van der Waals surface area contributed by atoms with Crippen molar-refractivity contribution in [3.8, 4) is 23.3 Å². The molecule has 2 aromatic carbocycles. The first-order chi connectivity index (χ1) is 12.1. The predicted octanol–water partition coefficient (Wildman–Crippen LogP) is 3.10. The number of nitrogens with two attached hydrogens (primary N) is 1. The van der Waals surface area contributed by atoms with E-state index < -0.39 is 5.92 Å². The van der Waals surface area contributed by atoms with Gasteiger partial charge in [-0.15, -0.1) is 0 Å². The molecule has 124 valence electrons. The van der Waals surface area contributed by atoms with Gasteiger partial charge >= 0.3 is 0 Å². The summed E-state index contributed by atoms with van der Waals surface area (Å²) in [5.41, 5.74) is 8.91. The van der Waals surface area contributed by atoms with Crippen LogP contribution in [0.25, 0.3) is 10.9 Å². The number of fused-ring (bicyclic) bond motifs is 3. The molecule has 6 heteroatoms. The van der Waals surface area contributed by atoms with Gasteiger partial charge in [0, 0.05) is 22.7 Å². The molecule has 1 aromatic heterocycles. The van der Waals surface area contributed by atoms with E-state index in [0.717, 1.165) is 22.0 Å². The number of nitrogens with one attached hydrogen (secondary N) is 1. The van der Waals surface area contributed by atoms with E-state index in [9.17, 15) is 10.4 Å². The van der Waals surface area contributed by atoms with Crippen molar-refractivity contribution in [1.82, 2.24) is 4.98 Å². The molecule has 0 aliphatic carbocycles. The summed E-state index contributed by atoms with van der Waals surface area (Å²) in [6.45, 7) is 0. The second-order valence-electron chi connectivity index (χ2n) is 5.78. The second-order valence-corrected chi connectivity index (χ2v) is 5.78. The minimum Gasteiger partial charge on any atom is -0.504 e. The van der Waals surface area contributed by atoms with Crippen molar-refractivity contribution < 1.29 is 14.6 Å². The van der Waals surface area contributed by atoms with E-state index in [-0.39, 0.29) is 11.6 Å². The molecule has 0 spiro atoms.